The number of methoxy groups -OCH3 is 1. The maximum absolute atomic E-state index is 11.9. The molecule has 1 aromatic heterocycles. The van der Waals surface area contributed by atoms with Crippen LogP contribution in [-0.2, 0) is 0 Å². The summed E-state index contributed by atoms with van der Waals surface area (Å²) in [5.41, 5.74) is 1.83. The smallest absolute Gasteiger partial charge is 0.319 e. The van der Waals surface area contributed by atoms with E-state index in [0.717, 1.165) is 0 Å². The van der Waals surface area contributed by atoms with Gasteiger partial charge in [-0.1, -0.05) is 11.6 Å². The Kier molecular flexibility index (Phi) is 5.85. The second-order valence-corrected chi connectivity index (χ2v) is 7.53. The summed E-state index contributed by atoms with van der Waals surface area (Å²) in [5, 5.41) is 9.79. The molecular weight excluding hydrogens is 422 g/mol. The number of carbonyl (C=O) groups excluding carboxylic acids is 1. The second kappa shape index (κ2) is 8.73. The number of nitrogens with one attached hydrogen (secondary N) is 3. The van der Waals surface area contributed by atoms with Crippen molar-refractivity contribution in [2.24, 2.45) is 0 Å². The van der Waals surface area contributed by atoms with Crippen LogP contribution in [0.15, 0.2) is 30.6 Å². The highest BCUT2D eigenvalue weighted by Crippen LogP contribution is 2.46. The van der Waals surface area contributed by atoms with E-state index in [1.165, 1.54) is 6.33 Å². The van der Waals surface area contributed by atoms with E-state index in [9.17, 15) is 4.79 Å². The van der Waals surface area contributed by atoms with Crippen LogP contribution >= 0.6 is 11.6 Å². The number of rotatable bonds is 5. The number of benzene rings is 2. The van der Waals surface area contributed by atoms with Gasteiger partial charge in [-0.05, 0) is 32.0 Å². The molecule has 0 unspecified atom stereocenters. The van der Waals surface area contributed by atoms with Crippen molar-refractivity contribution >= 4 is 45.7 Å². The van der Waals surface area contributed by atoms with E-state index in [4.69, 9.17) is 25.8 Å². The van der Waals surface area contributed by atoms with E-state index in [-0.39, 0.29) is 12.1 Å². The molecule has 0 radical (unpaired) electrons. The Hall–Kier alpha value is -3.46. The maximum atomic E-state index is 11.9. The molecule has 162 valence electrons. The molecule has 10 heteroatoms. The molecule has 2 amide bonds. The van der Waals surface area contributed by atoms with Gasteiger partial charge < -0.3 is 30.2 Å². The van der Waals surface area contributed by atoms with Crippen molar-refractivity contribution in [2.45, 2.75) is 19.9 Å². The number of carbonyl (C=O) groups is 1. The normalized spacial score (nSPS) is 12.5. The first-order chi connectivity index (χ1) is 15.0. The largest absolute Gasteiger partial charge is 0.493 e. The van der Waals surface area contributed by atoms with Gasteiger partial charge in [-0.25, -0.2) is 14.8 Å². The number of fused-ring (bicyclic) bond motifs is 3. The first kappa shape index (κ1) is 20.8. The number of halogens is 1. The Morgan fingerprint density at radius 1 is 1.16 bits per heavy atom. The van der Waals surface area contributed by atoms with Crippen LogP contribution in [0.25, 0.3) is 10.9 Å². The molecule has 3 aromatic rings. The molecule has 1 aliphatic heterocycles. The van der Waals surface area contributed by atoms with E-state index < -0.39 is 0 Å². The number of urea groups is 1. The minimum atomic E-state index is -0.322. The topological polar surface area (TPSA) is 107 Å². The summed E-state index contributed by atoms with van der Waals surface area (Å²) in [6.07, 6.45) is 1.45. The van der Waals surface area contributed by atoms with Crippen LogP contribution in [0.1, 0.15) is 13.8 Å². The summed E-state index contributed by atoms with van der Waals surface area (Å²) < 4.78 is 17.0. The fourth-order valence-corrected chi connectivity index (χ4v) is 3.44. The lowest BCUT2D eigenvalue weighted by Crippen LogP contribution is -2.34. The summed E-state index contributed by atoms with van der Waals surface area (Å²) in [4.78, 5) is 20.7. The van der Waals surface area contributed by atoms with E-state index in [0.29, 0.717) is 63.6 Å². The van der Waals surface area contributed by atoms with Gasteiger partial charge >= 0.3 is 6.03 Å². The lowest BCUT2D eigenvalue weighted by molar-refractivity contribution is 0.167. The maximum Gasteiger partial charge on any atom is 0.319 e. The molecule has 0 saturated carbocycles. The summed E-state index contributed by atoms with van der Waals surface area (Å²) in [6.45, 7) is 4.60. The van der Waals surface area contributed by atoms with Crippen LogP contribution in [0.3, 0.4) is 0 Å². The quantitative estimate of drug-likeness (QED) is 0.538. The third-order valence-electron chi connectivity index (χ3n) is 4.50. The van der Waals surface area contributed by atoms with Gasteiger partial charge in [0.05, 0.1) is 28.7 Å². The lowest BCUT2D eigenvalue weighted by atomic mass is 10.1. The summed E-state index contributed by atoms with van der Waals surface area (Å²) in [7, 11) is 1.57. The first-order valence-corrected chi connectivity index (χ1v) is 10.1. The predicted octanol–water partition coefficient (Wildman–Crippen LogP) is 4.34. The Morgan fingerprint density at radius 3 is 2.65 bits per heavy atom. The molecule has 0 fully saturated rings. The molecule has 0 atom stereocenters. The molecular formula is C21H22ClN5O4. The minimum absolute atomic E-state index is 0.0153. The van der Waals surface area contributed by atoms with Crippen molar-refractivity contribution in [1.82, 2.24) is 15.3 Å². The van der Waals surface area contributed by atoms with Crippen LogP contribution in [0, 0.1) is 0 Å². The van der Waals surface area contributed by atoms with Crippen molar-refractivity contribution in [3.63, 3.8) is 0 Å². The van der Waals surface area contributed by atoms with E-state index >= 15 is 0 Å². The zero-order valence-corrected chi connectivity index (χ0v) is 18.0. The van der Waals surface area contributed by atoms with Gasteiger partial charge in [-0.2, -0.15) is 0 Å². The van der Waals surface area contributed by atoms with Crippen LogP contribution < -0.4 is 30.2 Å². The summed E-state index contributed by atoms with van der Waals surface area (Å²) >= 11 is 6.37. The Bertz CT molecular complexity index is 1140. The SMILES string of the molecule is COc1cc2ncnc(Nc3ccc(NC(=O)NC(C)C)c(Cl)c3)c2c2c1OCCO2. The van der Waals surface area contributed by atoms with Crippen LogP contribution in [0.5, 0.6) is 17.2 Å². The zero-order chi connectivity index (χ0) is 22.0. The predicted molar refractivity (Wildman–Crippen MR) is 119 cm³/mol. The molecule has 0 spiro atoms. The molecule has 2 aromatic carbocycles. The van der Waals surface area contributed by atoms with E-state index in [1.54, 1.807) is 31.4 Å². The third-order valence-corrected chi connectivity index (χ3v) is 4.81. The van der Waals surface area contributed by atoms with Crippen LogP contribution in [0.2, 0.25) is 5.02 Å². The summed E-state index contributed by atoms with van der Waals surface area (Å²) in [6, 6.07) is 6.68. The molecule has 9 nitrogen and oxygen atoms in total. The van der Waals surface area contributed by atoms with Crippen LogP contribution in [-0.4, -0.2) is 42.4 Å². The molecule has 0 bridgehead atoms. The molecule has 1 aliphatic rings. The Labute approximate surface area is 184 Å². The first-order valence-electron chi connectivity index (χ1n) is 9.71. The highest BCUT2D eigenvalue weighted by molar-refractivity contribution is 6.34. The van der Waals surface area contributed by atoms with Gasteiger partial charge in [0.25, 0.3) is 0 Å². The second-order valence-electron chi connectivity index (χ2n) is 7.12. The fourth-order valence-electron chi connectivity index (χ4n) is 3.21. The number of hydrogen-bond donors (Lipinski definition) is 3. The minimum Gasteiger partial charge on any atom is -0.493 e. The lowest BCUT2D eigenvalue weighted by Gasteiger charge is -2.23. The number of aromatic nitrogens is 2. The molecule has 31 heavy (non-hydrogen) atoms. The third kappa shape index (κ3) is 4.36. The number of ether oxygens (including phenoxy) is 3. The highest BCUT2D eigenvalue weighted by atomic mass is 35.5. The zero-order valence-electron chi connectivity index (χ0n) is 17.3. The molecule has 0 aliphatic carbocycles. The van der Waals surface area contributed by atoms with Gasteiger partial charge in [-0.15, -0.1) is 0 Å². The molecule has 4 rings (SSSR count). The average molecular weight is 444 g/mol. The molecule has 2 heterocycles. The van der Waals surface area contributed by atoms with Gasteiger partial charge in [0.2, 0.25) is 5.75 Å². The van der Waals surface area contributed by atoms with Crippen molar-refractivity contribution < 1.29 is 19.0 Å². The fraction of sp³-hybridized carbons (Fsp3) is 0.286. The van der Waals surface area contributed by atoms with Gasteiger partial charge in [0.15, 0.2) is 11.5 Å². The number of hydrogen-bond acceptors (Lipinski definition) is 7. The van der Waals surface area contributed by atoms with Gasteiger partial charge in [0, 0.05) is 17.8 Å². The van der Waals surface area contributed by atoms with E-state index in [1.807, 2.05) is 13.8 Å². The highest BCUT2D eigenvalue weighted by Gasteiger charge is 2.24. The van der Waals surface area contributed by atoms with E-state index in [2.05, 4.69) is 25.9 Å². The van der Waals surface area contributed by atoms with Crippen molar-refractivity contribution in [2.75, 3.05) is 31.0 Å². The summed E-state index contributed by atoms with van der Waals surface area (Å²) in [5.74, 6) is 2.13. The standard InChI is InChI=1S/C21H22ClN5O4/c1-11(2)25-21(28)27-14-5-4-12(8-13(14)22)26-20-17-15(23-10-24-20)9-16(29-3)18-19(17)31-7-6-30-18/h4-5,8-11H,6-7H2,1-3H3,(H,23,24,26)(H2,25,27,28). The number of amides is 2. The van der Waals surface area contributed by atoms with Crippen molar-refractivity contribution in [1.29, 1.82) is 0 Å². The average Bonchev–Trinajstić information content (AvgIpc) is 2.74. The molecule has 0 saturated heterocycles. The monoisotopic (exact) mass is 443 g/mol. The van der Waals surface area contributed by atoms with Gasteiger partial charge in [-0.3, -0.25) is 0 Å². The van der Waals surface area contributed by atoms with Gasteiger partial charge in [0.1, 0.15) is 25.4 Å². The number of anilines is 3. The molecule has 3 N–H and O–H groups in total. The van der Waals surface area contributed by atoms with Crippen molar-refractivity contribution in [3.05, 3.63) is 35.6 Å². The number of nitrogens with zero attached hydrogens (tertiary/aromatic N) is 2. The van der Waals surface area contributed by atoms with Crippen molar-refractivity contribution in [3.8, 4) is 17.2 Å². The van der Waals surface area contributed by atoms with Crippen LogP contribution in [0.4, 0.5) is 22.0 Å². The Morgan fingerprint density at radius 2 is 1.94 bits per heavy atom. The Balaban J connectivity index is 1.66.